The van der Waals surface area contributed by atoms with Gasteiger partial charge in [-0.2, -0.15) is 0 Å². The summed E-state index contributed by atoms with van der Waals surface area (Å²) < 4.78 is 2.04. The van der Waals surface area contributed by atoms with Gasteiger partial charge in [0.25, 0.3) is 0 Å². The minimum Gasteiger partial charge on any atom is -0.506 e. The SMILES string of the molecule is Oc1c2sccc2cc2nccc(Nc3ccc4scnc4c3)c12. The molecule has 0 aliphatic heterocycles. The van der Waals surface area contributed by atoms with E-state index in [1.54, 1.807) is 17.5 Å². The molecule has 0 unspecified atom stereocenters. The molecular formula is C18H11N3OS2. The van der Waals surface area contributed by atoms with Gasteiger partial charge in [0.1, 0.15) is 5.75 Å². The predicted octanol–water partition coefficient (Wildman–Crippen LogP) is 5.51. The van der Waals surface area contributed by atoms with Gasteiger partial charge in [0.15, 0.2) is 0 Å². The Hall–Kier alpha value is -2.70. The van der Waals surface area contributed by atoms with E-state index in [9.17, 15) is 5.11 Å². The zero-order chi connectivity index (χ0) is 16.1. The summed E-state index contributed by atoms with van der Waals surface area (Å²) in [6, 6.07) is 12.0. The summed E-state index contributed by atoms with van der Waals surface area (Å²) in [5.41, 5.74) is 5.36. The Bertz CT molecular complexity index is 1210. The number of phenolic OH excluding ortho intramolecular Hbond substituents is 1. The Labute approximate surface area is 145 Å². The highest BCUT2D eigenvalue weighted by Gasteiger charge is 2.13. The van der Waals surface area contributed by atoms with Crippen LogP contribution in [0.5, 0.6) is 5.75 Å². The number of thiazole rings is 1. The van der Waals surface area contributed by atoms with E-state index in [1.165, 1.54) is 11.3 Å². The number of aromatic nitrogens is 2. The van der Waals surface area contributed by atoms with Crippen molar-refractivity contribution in [3.63, 3.8) is 0 Å². The number of anilines is 2. The number of benzene rings is 2. The van der Waals surface area contributed by atoms with Gasteiger partial charge in [0.2, 0.25) is 0 Å². The van der Waals surface area contributed by atoms with Crippen molar-refractivity contribution in [3.8, 4) is 5.75 Å². The molecule has 0 fully saturated rings. The fourth-order valence-electron chi connectivity index (χ4n) is 2.92. The summed E-state index contributed by atoms with van der Waals surface area (Å²) in [4.78, 5) is 8.76. The van der Waals surface area contributed by atoms with Crippen molar-refractivity contribution in [1.29, 1.82) is 0 Å². The quantitative estimate of drug-likeness (QED) is 0.441. The number of pyridine rings is 1. The van der Waals surface area contributed by atoms with Crippen molar-refractivity contribution < 1.29 is 5.11 Å². The highest BCUT2D eigenvalue weighted by Crippen LogP contribution is 2.40. The molecule has 2 aromatic carbocycles. The van der Waals surface area contributed by atoms with Crippen LogP contribution in [0.15, 0.2) is 53.5 Å². The maximum absolute atomic E-state index is 10.7. The number of nitrogens with one attached hydrogen (secondary N) is 1. The molecule has 4 nitrogen and oxygen atoms in total. The van der Waals surface area contributed by atoms with E-state index in [4.69, 9.17) is 0 Å². The number of fused-ring (bicyclic) bond motifs is 3. The molecule has 2 N–H and O–H groups in total. The van der Waals surface area contributed by atoms with Crippen LogP contribution in [-0.4, -0.2) is 15.1 Å². The van der Waals surface area contributed by atoms with Gasteiger partial charge >= 0.3 is 0 Å². The van der Waals surface area contributed by atoms with Crippen molar-refractivity contribution in [2.75, 3.05) is 5.32 Å². The summed E-state index contributed by atoms with van der Waals surface area (Å²) in [5, 5.41) is 17.8. The van der Waals surface area contributed by atoms with Gasteiger partial charge in [0.05, 0.1) is 37.0 Å². The minimum absolute atomic E-state index is 0.280. The monoisotopic (exact) mass is 349 g/mol. The van der Waals surface area contributed by atoms with Crippen molar-refractivity contribution >= 4 is 65.3 Å². The van der Waals surface area contributed by atoms with Gasteiger partial charge in [-0.25, -0.2) is 4.98 Å². The van der Waals surface area contributed by atoms with Crippen LogP contribution in [0.3, 0.4) is 0 Å². The number of phenols is 1. The molecule has 5 rings (SSSR count). The van der Waals surface area contributed by atoms with Gasteiger partial charge in [0, 0.05) is 11.9 Å². The maximum Gasteiger partial charge on any atom is 0.144 e. The molecule has 3 aromatic heterocycles. The molecule has 0 saturated carbocycles. The molecule has 0 aliphatic carbocycles. The third kappa shape index (κ3) is 2.04. The van der Waals surface area contributed by atoms with E-state index in [2.05, 4.69) is 21.4 Å². The molecule has 0 radical (unpaired) electrons. The van der Waals surface area contributed by atoms with Crippen LogP contribution in [0.1, 0.15) is 0 Å². The zero-order valence-electron chi connectivity index (χ0n) is 12.4. The lowest BCUT2D eigenvalue weighted by atomic mass is 10.1. The van der Waals surface area contributed by atoms with Gasteiger partial charge in [-0.1, -0.05) is 0 Å². The molecule has 0 amide bonds. The first-order valence-electron chi connectivity index (χ1n) is 7.38. The van der Waals surface area contributed by atoms with E-state index in [0.29, 0.717) is 0 Å². The minimum atomic E-state index is 0.280. The van der Waals surface area contributed by atoms with Crippen LogP contribution in [0.25, 0.3) is 31.2 Å². The first kappa shape index (κ1) is 13.7. The Morgan fingerprint density at radius 2 is 1.92 bits per heavy atom. The second-order valence-electron chi connectivity index (χ2n) is 5.48. The Morgan fingerprint density at radius 3 is 2.88 bits per heavy atom. The Balaban J connectivity index is 1.70. The Morgan fingerprint density at radius 1 is 0.958 bits per heavy atom. The first-order valence-corrected chi connectivity index (χ1v) is 9.14. The lowest BCUT2D eigenvalue weighted by molar-refractivity contribution is 0.488. The molecule has 0 aliphatic rings. The molecule has 0 bridgehead atoms. The van der Waals surface area contributed by atoms with E-state index in [1.807, 2.05) is 41.2 Å². The maximum atomic E-state index is 10.7. The van der Waals surface area contributed by atoms with Crippen molar-refractivity contribution in [1.82, 2.24) is 9.97 Å². The first-order chi connectivity index (χ1) is 11.8. The second kappa shape index (κ2) is 5.15. The van der Waals surface area contributed by atoms with Gasteiger partial charge in [-0.15, -0.1) is 22.7 Å². The average Bonchev–Trinajstić information content (AvgIpc) is 3.23. The number of aromatic hydroxyl groups is 1. The van der Waals surface area contributed by atoms with Crippen molar-refractivity contribution in [2.45, 2.75) is 0 Å². The second-order valence-corrected chi connectivity index (χ2v) is 7.28. The molecule has 0 atom stereocenters. The summed E-state index contributed by atoms with van der Waals surface area (Å²) in [5.74, 6) is 0.280. The fraction of sp³-hybridized carbons (Fsp3) is 0. The number of hydrogen-bond acceptors (Lipinski definition) is 6. The predicted molar refractivity (Wildman–Crippen MR) is 102 cm³/mol. The van der Waals surface area contributed by atoms with E-state index in [0.717, 1.165) is 42.6 Å². The molecular weight excluding hydrogens is 338 g/mol. The molecule has 6 heteroatoms. The number of hydrogen-bond donors (Lipinski definition) is 2. The third-order valence-corrected chi connectivity index (χ3v) is 5.78. The standard InChI is InChI=1S/C18H11N3OS2/c22-17-16-12(21-11-1-2-15-13(8-11)20-9-24-15)3-5-19-14(16)7-10-4-6-23-18(10)17/h1-9,22H,(H,19,21). The fourth-order valence-corrected chi connectivity index (χ4v) is 4.40. The summed E-state index contributed by atoms with van der Waals surface area (Å²) in [7, 11) is 0. The summed E-state index contributed by atoms with van der Waals surface area (Å²) >= 11 is 3.15. The Kier molecular flexibility index (Phi) is 2.95. The zero-order valence-corrected chi connectivity index (χ0v) is 14.0. The van der Waals surface area contributed by atoms with Crippen LogP contribution in [0, 0.1) is 0 Å². The lowest BCUT2D eigenvalue weighted by Gasteiger charge is -2.11. The number of thiophene rings is 1. The highest BCUT2D eigenvalue weighted by molar-refractivity contribution is 7.17. The van der Waals surface area contributed by atoms with E-state index < -0.39 is 0 Å². The smallest absolute Gasteiger partial charge is 0.144 e. The average molecular weight is 349 g/mol. The topological polar surface area (TPSA) is 58.0 Å². The van der Waals surface area contributed by atoms with E-state index in [-0.39, 0.29) is 5.75 Å². The highest BCUT2D eigenvalue weighted by atomic mass is 32.1. The molecule has 24 heavy (non-hydrogen) atoms. The van der Waals surface area contributed by atoms with Crippen LogP contribution in [0.4, 0.5) is 11.4 Å². The summed E-state index contributed by atoms with van der Waals surface area (Å²) in [6.45, 7) is 0. The van der Waals surface area contributed by atoms with Crippen LogP contribution < -0.4 is 5.32 Å². The largest absolute Gasteiger partial charge is 0.506 e. The molecule has 0 spiro atoms. The summed E-state index contributed by atoms with van der Waals surface area (Å²) in [6.07, 6.45) is 1.75. The normalized spacial score (nSPS) is 11.5. The number of rotatable bonds is 2. The third-order valence-electron chi connectivity index (χ3n) is 4.03. The molecule has 0 saturated heterocycles. The van der Waals surface area contributed by atoms with Gasteiger partial charge in [-0.05, 0) is 47.2 Å². The number of nitrogens with zero attached hydrogens (tertiary/aromatic N) is 2. The van der Waals surface area contributed by atoms with Crippen LogP contribution >= 0.6 is 22.7 Å². The molecule has 3 heterocycles. The molecule has 116 valence electrons. The lowest BCUT2D eigenvalue weighted by Crippen LogP contribution is -1.93. The van der Waals surface area contributed by atoms with Gasteiger partial charge < -0.3 is 10.4 Å². The van der Waals surface area contributed by atoms with E-state index >= 15 is 0 Å². The van der Waals surface area contributed by atoms with Crippen molar-refractivity contribution in [2.24, 2.45) is 0 Å². The van der Waals surface area contributed by atoms with Crippen LogP contribution in [0.2, 0.25) is 0 Å². The molecule has 5 aromatic rings. The van der Waals surface area contributed by atoms with Gasteiger partial charge in [-0.3, -0.25) is 4.98 Å². The van der Waals surface area contributed by atoms with Crippen molar-refractivity contribution in [3.05, 3.63) is 53.5 Å². The van der Waals surface area contributed by atoms with Crippen LogP contribution in [-0.2, 0) is 0 Å².